The van der Waals surface area contributed by atoms with Gasteiger partial charge in [0.15, 0.2) is 13.2 Å². The van der Waals surface area contributed by atoms with Crippen molar-refractivity contribution in [1.82, 2.24) is 9.88 Å². The minimum absolute atomic E-state index is 0.176. The number of amides is 3. The molecule has 10 nitrogen and oxygen atoms in total. The summed E-state index contributed by atoms with van der Waals surface area (Å²) in [6.07, 6.45) is 1.67. The molecule has 0 unspecified atom stereocenters. The molecular formula is C24H23N3O7. The predicted octanol–water partition coefficient (Wildman–Crippen LogP) is 2.16. The topological polar surface area (TPSA) is 125 Å². The fraction of sp³-hybridized carbons (Fsp3) is 0.167. The van der Waals surface area contributed by atoms with Crippen LogP contribution in [0.15, 0.2) is 66.9 Å². The summed E-state index contributed by atoms with van der Waals surface area (Å²) in [4.78, 5) is 48.1. The second kappa shape index (κ2) is 11.3. The molecule has 0 atom stereocenters. The number of aromatic nitrogens is 1. The van der Waals surface area contributed by atoms with E-state index in [4.69, 9.17) is 14.2 Å². The summed E-state index contributed by atoms with van der Waals surface area (Å²) in [6, 6.07) is 16.0. The Morgan fingerprint density at radius 3 is 2.32 bits per heavy atom. The maximum absolute atomic E-state index is 12.1. The predicted molar refractivity (Wildman–Crippen MR) is 122 cm³/mol. The molecule has 0 saturated carbocycles. The molecule has 34 heavy (non-hydrogen) atoms. The van der Waals surface area contributed by atoms with E-state index in [9.17, 15) is 19.2 Å². The van der Waals surface area contributed by atoms with Crippen LogP contribution in [0.3, 0.4) is 0 Å². The lowest BCUT2D eigenvalue weighted by atomic mass is 10.2. The third kappa shape index (κ3) is 6.70. The van der Waals surface area contributed by atoms with E-state index in [0.717, 1.165) is 0 Å². The monoisotopic (exact) mass is 465 g/mol. The number of hydrogen-bond acceptors (Lipinski definition) is 7. The highest BCUT2D eigenvalue weighted by Crippen LogP contribution is 2.17. The summed E-state index contributed by atoms with van der Waals surface area (Å²) >= 11 is 0. The number of esters is 1. The van der Waals surface area contributed by atoms with Gasteiger partial charge in [-0.05, 0) is 48.5 Å². The molecule has 0 aliphatic carbocycles. The fourth-order valence-corrected chi connectivity index (χ4v) is 2.87. The number of nitrogens with one attached hydrogen (secondary N) is 2. The first-order valence-electron chi connectivity index (χ1n) is 10.1. The van der Waals surface area contributed by atoms with Gasteiger partial charge in [-0.25, -0.2) is 4.79 Å². The Kier molecular flexibility index (Phi) is 8.01. The number of methoxy groups -OCH3 is 1. The molecule has 3 amide bonds. The summed E-state index contributed by atoms with van der Waals surface area (Å²) < 4.78 is 17.0. The van der Waals surface area contributed by atoms with E-state index in [1.807, 2.05) is 0 Å². The Balaban J connectivity index is 1.43. The van der Waals surface area contributed by atoms with Gasteiger partial charge in [0.2, 0.25) is 0 Å². The number of aryl methyl sites for hydroxylation is 1. The Hall–Kier alpha value is -4.60. The zero-order chi connectivity index (χ0) is 24.5. The molecule has 3 aromatic rings. The largest absolute Gasteiger partial charge is 0.497 e. The first-order valence-corrected chi connectivity index (χ1v) is 10.1. The van der Waals surface area contributed by atoms with E-state index in [1.165, 1.54) is 31.4 Å². The van der Waals surface area contributed by atoms with Crippen molar-refractivity contribution < 1.29 is 33.4 Å². The summed E-state index contributed by atoms with van der Waals surface area (Å²) in [5.41, 5.74) is 1.04. The second-order valence-corrected chi connectivity index (χ2v) is 7.05. The molecule has 0 spiro atoms. The second-order valence-electron chi connectivity index (χ2n) is 7.05. The van der Waals surface area contributed by atoms with E-state index < -0.39 is 24.4 Å². The van der Waals surface area contributed by atoms with Crippen molar-refractivity contribution in [2.24, 2.45) is 7.05 Å². The number of anilines is 1. The zero-order valence-electron chi connectivity index (χ0n) is 18.6. The van der Waals surface area contributed by atoms with Crippen LogP contribution < -0.4 is 20.1 Å². The summed E-state index contributed by atoms with van der Waals surface area (Å²) in [6.45, 7) is -0.853. The number of ether oxygens (including phenoxy) is 3. The molecule has 3 rings (SSSR count). The molecule has 10 heteroatoms. The summed E-state index contributed by atoms with van der Waals surface area (Å²) in [7, 11) is 3.20. The van der Waals surface area contributed by atoms with Crippen molar-refractivity contribution in [3.8, 4) is 11.5 Å². The van der Waals surface area contributed by atoms with Crippen LogP contribution in [0.4, 0.5) is 5.69 Å². The van der Waals surface area contributed by atoms with Crippen LogP contribution in [0.25, 0.3) is 0 Å². The number of imide groups is 1. The number of hydrogen-bond donors (Lipinski definition) is 2. The van der Waals surface area contributed by atoms with Crippen molar-refractivity contribution in [1.29, 1.82) is 0 Å². The lowest BCUT2D eigenvalue weighted by molar-refractivity contribution is -0.123. The van der Waals surface area contributed by atoms with E-state index >= 15 is 0 Å². The number of nitrogens with zero attached hydrogens (tertiary/aromatic N) is 1. The zero-order valence-corrected chi connectivity index (χ0v) is 18.6. The molecule has 2 N–H and O–H groups in total. The highest BCUT2D eigenvalue weighted by atomic mass is 16.5. The van der Waals surface area contributed by atoms with Crippen molar-refractivity contribution in [3.63, 3.8) is 0 Å². The van der Waals surface area contributed by atoms with Gasteiger partial charge in [-0.3, -0.25) is 19.7 Å². The first kappa shape index (κ1) is 24.1. The molecule has 0 saturated heterocycles. The molecule has 0 bridgehead atoms. The van der Waals surface area contributed by atoms with Crippen molar-refractivity contribution in [2.75, 3.05) is 25.6 Å². The molecule has 0 radical (unpaired) electrons. The van der Waals surface area contributed by atoms with Crippen LogP contribution in [-0.4, -0.2) is 48.6 Å². The maximum atomic E-state index is 12.1. The normalized spacial score (nSPS) is 10.2. The Labute approximate surface area is 195 Å². The standard InChI is InChI=1S/C24H23N3O7/c1-27-12-4-7-20(27)23(30)26-22(29)15-34-24(31)16-8-10-18(11-9-16)33-14-21(28)25-17-5-3-6-19(13-17)32-2/h3-13H,14-15H2,1-2H3,(H,25,28)(H,26,29,30). The Bertz CT molecular complexity index is 1190. The number of rotatable bonds is 9. The van der Waals surface area contributed by atoms with Crippen LogP contribution in [0.5, 0.6) is 11.5 Å². The van der Waals surface area contributed by atoms with Gasteiger partial charge in [-0.1, -0.05) is 6.07 Å². The first-order chi connectivity index (χ1) is 16.4. The van der Waals surface area contributed by atoms with Crippen molar-refractivity contribution >= 4 is 29.4 Å². The quantitative estimate of drug-likeness (QED) is 0.464. The SMILES string of the molecule is COc1cccc(NC(=O)COc2ccc(C(=O)OCC(=O)NC(=O)c3cccn3C)cc2)c1. The summed E-state index contributed by atoms with van der Waals surface area (Å²) in [5, 5.41) is 4.84. The molecule has 1 aromatic heterocycles. The molecule has 176 valence electrons. The highest BCUT2D eigenvalue weighted by Gasteiger charge is 2.15. The third-order valence-electron chi connectivity index (χ3n) is 4.58. The fourth-order valence-electron chi connectivity index (χ4n) is 2.87. The maximum Gasteiger partial charge on any atom is 0.338 e. The molecule has 0 aliphatic heterocycles. The molecule has 0 aliphatic rings. The molecule has 1 heterocycles. The van der Waals surface area contributed by atoms with Crippen LogP contribution >= 0.6 is 0 Å². The summed E-state index contributed by atoms with van der Waals surface area (Å²) in [5.74, 6) is -1.48. The van der Waals surface area contributed by atoms with Crippen LogP contribution in [0.2, 0.25) is 0 Å². The van der Waals surface area contributed by atoms with Crippen molar-refractivity contribution in [3.05, 3.63) is 78.1 Å². The lowest BCUT2D eigenvalue weighted by Gasteiger charge is -2.09. The lowest BCUT2D eigenvalue weighted by Crippen LogP contribution is -2.35. The van der Waals surface area contributed by atoms with Gasteiger partial charge in [0.25, 0.3) is 17.7 Å². The van der Waals surface area contributed by atoms with Crippen molar-refractivity contribution in [2.45, 2.75) is 0 Å². The van der Waals surface area contributed by atoms with E-state index in [-0.39, 0.29) is 18.1 Å². The minimum Gasteiger partial charge on any atom is -0.497 e. The number of carbonyl (C=O) groups is 4. The van der Waals surface area contributed by atoms with Gasteiger partial charge in [0.05, 0.1) is 12.7 Å². The van der Waals surface area contributed by atoms with Gasteiger partial charge in [0, 0.05) is 25.0 Å². The number of benzene rings is 2. The third-order valence-corrected chi connectivity index (χ3v) is 4.58. The molecule has 0 fully saturated rings. The number of carbonyl (C=O) groups excluding carboxylic acids is 4. The van der Waals surface area contributed by atoms with Gasteiger partial charge in [0.1, 0.15) is 17.2 Å². The van der Waals surface area contributed by atoms with Gasteiger partial charge in [-0.15, -0.1) is 0 Å². The molecule has 2 aromatic carbocycles. The Morgan fingerprint density at radius 1 is 0.882 bits per heavy atom. The van der Waals surface area contributed by atoms with E-state index in [0.29, 0.717) is 22.9 Å². The van der Waals surface area contributed by atoms with Gasteiger partial charge >= 0.3 is 5.97 Å². The molecular weight excluding hydrogens is 442 g/mol. The van der Waals surface area contributed by atoms with Crippen LogP contribution in [0.1, 0.15) is 20.8 Å². The van der Waals surface area contributed by atoms with E-state index in [2.05, 4.69) is 10.6 Å². The minimum atomic E-state index is -0.749. The van der Waals surface area contributed by atoms with Crippen LogP contribution in [-0.2, 0) is 21.4 Å². The van der Waals surface area contributed by atoms with Gasteiger partial charge < -0.3 is 24.1 Å². The van der Waals surface area contributed by atoms with Gasteiger partial charge in [-0.2, -0.15) is 0 Å². The van der Waals surface area contributed by atoms with E-state index in [1.54, 1.807) is 54.2 Å². The average molecular weight is 465 g/mol. The Morgan fingerprint density at radius 2 is 1.65 bits per heavy atom. The smallest absolute Gasteiger partial charge is 0.338 e. The van der Waals surface area contributed by atoms with Crippen LogP contribution in [0, 0.1) is 0 Å². The highest BCUT2D eigenvalue weighted by molar-refractivity contribution is 6.04. The average Bonchev–Trinajstić information content (AvgIpc) is 3.27.